The molecule has 7 heteroatoms. The fraction of sp³-hybridized carbons (Fsp3) is 0.316. The number of carbonyl (C=O) groups excluding carboxylic acids is 1. The Labute approximate surface area is 154 Å². The zero-order chi connectivity index (χ0) is 18.7. The minimum atomic E-state index is -3.55. The van der Waals surface area contributed by atoms with Crippen LogP contribution in [0.1, 0.15) is 21.5 Å². The van der Waals surface area contributed by atoms with E-state index in [1.165, 1.54) is 39.7 Å². The van der Waals surface area contributed by atoms with Gasteiger partial charge in [0.15, 0.2) is 0 Å². The molecule has 26 heavy (non-hydrogen) atoms. The lowest BCUT2D eigenvalue weighted by molar-refractivity contribution is 0.1000. The van der Waals surface area contributed by atoms with E-state index in [2.05, 4.69) is 24.0 Å². The van der Waals surface area contributed by atoms with E-state index in [4.69, 9.17) is 5.73 Å². The summed E-state index contributed by atoms with van der Waals surface area (Å²) in [7, 11) is -3.55. The first-order valence-corrected chi connectivity index (χ1v) is 9.99. The molecule has 1 fully saturated rings. The summed E-state index contributed by atoms with van der Waals surface area (Å²) in [5.41, 5.74) is 8.02. The Hall–Kier alpha value is -2.22. The molecule has 0 atom stereocenters. The van der Waals surface area contributed by atoms with Crippen molar-refractivity contribution in [3.63, 3.8) is 0 Å². The number of piperazine rings is 1. The summed E-state index contributed by atoms with van der Waals surface area (Å²) in [5.74, 6) is -0.571. The number of hydrogen-bond donors (Lipinski definition) is 1. The Balaban J connectivity index is 1.65. The molecule has 1 heterocycles. The van der Waals surface area contributed by atoms with Gasteiger partial charge in [-0.1, -0.05) is 24.3 Å². The fourth-order valence-electron chi connectivity index (χ4n) is 3.10. The van der Waals surface area contributed by atoms with Gasteiger partial charge in [0.25, 0.3) is 0 Å². The molecule has 2 aromatic rings. The van der Waals surface area contributed by atoms with Gasteiger partial charge in [0.05, 0.1) is 4.90 Å². The molecule has 3 rings (SSSR count). The lowest BCUT2D eigenvalue weighted by Crippen LogP contribution is -2.48. The van der Waals surface area contributed by atoms with Crippen molar-refractivity contribution in [1.82, 2.24) is 9.21 Å². The number of amides is 1. The summed E-state index contributed by atoms with van der Waals surface area (Å²) in [5, 5.41) is 0. The van der Waals surface area contributed by atoms with Gasteiger partial charge in [-0.2, -0.15) is 4.31 Å². The number of primary amides is 1. The number of nitrogens with zero attached hydrogens (tertiary/aromatic N) is 2. The van der Waals surface area contributed by atoms with Crippen LogP contribution in [0, 0.1) is 6.92 Å². The van der Waals surface area contributed by atoms with Crippen LogP contribution >= 0.6 is 0 Å². The summed E-state index contributed by atoms with van der Waals surface area (Å²) < 4.78 is 27.1. The predicted octanol–water partition coefficient (Wildman–Crippen LogP) is 1.60. The second-order valence-electron chi connectivity index (χ2n) is 6.50. The van der Waals surface area contributed by atoms with E-state index in [1.54, 1.807) is 0 Å². The smallest absolute Gasteiger partial charge is 0.248 e. The number of carbonyl (C=O) groups is 1. The van der Waals surface area contributed by atoms with Crippen LogP contribution in [0.3, 0.4) is 0 Å². The van der Waals surface area contributed by atoms with Gasteiger partial charge in [-0.25, -0.2) is 8.42 Å². The second-order valence-corrected chi connectivity index (χ2v) is 8.43. The molecule has 2 aromatic carbocycles. The summed E-state index contributed by atoms with van der Waals surface area (Å²) in [6.07, 6.45) is 0. The molecule has 2 N–H and O–H groups in total. The number of aryl methyl sites for hydroxylation is 1. The van der Waals surface area contributed by atoms with Crippen LogP contribution in [0.2, 0.25) is 0 Å². The Morgan fingerprint density at radius 2 is 1.62 bits per heavy atom. The van der Waals surface area contributed by atoms with Crippen LogP contribution in [-0.2, 0) is 16.6 Å². The SMILES string of the molecule is Cc1ccccc1CN1CCN(S(=O)(=O)c2ccc(C(N)=O)cc2)CC1. The van der Waals surface area contributed by atoms with Crippen LogP contribution < -0.4 is 5.73 Å². The number of benzene rings is 2. The van der Waals surface area contributed by atoms with E-state index in [0.29, 0.717) is 31.7 Å². The lowest BCUT2D eigenvalue weighted by atomic mass is 10.1. The molecule has 6 nitrogen and oxygen atoms in total. The monoisotopic (exact) mass is 373 g/mol. The zero-order valence-corrected chi connectivity index (χ0v) is 15.6. The van der Waals surface area contributed by atoms with E-state index in [1.807, 2.05) is 12.1 Å². The standard InChI is InChI=1S/C19H23N3O3S/c1-15-4-2-3-5-17(15)14-21-10-12-22(13-11-21)26(24,25)18-8-6-16(7-9-18)19(20)23/h2-9H,10-14H2,1H3,(H2,20,23). The molecule has 1 aliphatic heterocycles. The lowest BCUT2D eigenvalue weighted by Gasteiger charge is -2.34. The molecule has 0 unspecified atom stereocenters. The number of hydrogen-bond acceptors (Lipinski definition) is 4. The predicted molar refractivity (Wildman–Crippen MR) is 100 cm³/mol. The van der Waals surface area contributed by atoms with Gasteiger partial charge in [0.1, 0.15) is 0 Å². The van der Waals surface area contributed by atoms with Crippen LogP contribution in [-0.4, -0.2) is 49.7 Å². The van der Waals surface area contributed by atoms with Gasteiger partial charge in [0, 0.05) is 38.3 Å². The molecule has 1 aliphatic rings. The van der Waals surface area contributed by atoms with Gasteiger partial charge in [-0.05, 0) is 42.3 Å². The highest BCUT2D eigenvalue weighted by Gasteiger charge is 2.28. The van der Waals surface area contributed by atoms with Crippen molar-refractivity contribution in [2.24, 2.45) is 5.73 Å². The van der Waals surface area contributed by atoms with Crippen molar-refractivity contribution >= 4 is 15.9 Å². The van der Waals surface area contributed by atoms with Crippen molar-refractivity contribution in [3.05, 3.63) is 65.2 Å². The zero-order valence-electron chi connectivity index (χ0n) is 14.8. The quantitative estimate of drug-likeness (QED) is 0.863. The van der Waals surface area contributed by atoms with Crippen LogP contribution in [0.4, 0.5) is 0 Å². The topological polar surface area (TPSA) is 83.7 Å². The third-order valence-electron chi connectivity index (χ3n) is 4.76. The van der Waals surface area contributed by atoms with Crippen molar-refractivity contribution in [2.75, 3.05) is 26.2 Å². The summed E-state index contributed by atoms with van der Waals surface area (Å²) in [4.78, 5) is 13.6. The molecule has 1 saturated heterocycles. The van der Waals surface area contributed by atoms with E-state index in [0.717, 1.165) is 6.54 Å². The first kappa shape index (κ1) is 18.6. The van der Waals surface area contributed by atoms with E-state index < -0.39 is 15.9 Å². The summed E-state index contributed by atoms with van der Waals surface area (Å²) >= 11 is 0. The number of rotatable bonds is 5. The first-order chi connectivity index (χ1) is 12.4. The Kier molecular flexibility index (Phi) is 5.41. The van der Waals surface area contributed by atoms with Gasteiger partial charge in [0.2, 0.25) is 15.9 Å². The molecular weight excluding hydrogens is 350 g/mol. The molecule has 0 radical (unpaired) electrons. The van der Waals surface area contributed by atoms with Gasteiger partial charge < -0.3 is 5.73 Å². The summed E-state index contributed by atoms with van der Waals surface area (Å²) in [6, 6.07) is 14.0. The van der Waals surface area contributed by atoms with E-state index >= 15 is 0 Å². The van der Waals surface area contributed by atoms with Gasteiger partial charge in [-0.3, -0.25) is 9.69 Å². The molecule has 1 amide bonds. The Bertz CT molecular complexity index is 887. The normalized spacial score (nSPS) is 16.5. The van der Waals surface area contributed by atoms with E-state index in [-0.39, 0.29) is 4.90 Å². The average molecular weight is 373 g/mol. The van der Waals surface area contributed by atoms with Gasteiger partial charge in [-0.15, -0.1) is 0 Å². The highest BCUT2D eigenvalue weighted by molar-refractivity contribution is 7.89. The maximum absolute atomic E-state index is 12.8. The Morgan fingerprint density at radius 3 is 2.19 bits per heavy atom. The molecule has 0 spiro atoms. The molecule has 138 valence electrons. The minimum absolute atomic E-state index is 0.190. The molecule has 0 saturated carbocycles. The van der Waals surface area contributed by atoms with Crippen LogP contribution in [0.25, 0.3) is 0 Å². The molecule has 0 aromatic heterocycles. The highest BCUT2D eigenvalue weighted by Crippen LogP contribution is 2.19. The summed E-state index contributed by atoms with van der Waals surface area (Å²) in [6.45, 7) is 5.19. The van der Waals surface area contributed by atoms with Crippen molar-refractivity contribution in [1.29, 1.82) is 0 Å². The van der Waals surface area contributed by atoms with Crippen LogP contribution in [0.5, 0.6) is 0 Å². The number of nitrogens with two attached hydrogens (primary N) is 1. The average Bonchev–Trinajstić information content (AvgIpc) is 2.64. The van der Waals surface area contributed by atoms with Crippen molar-refractivity contribution < 1.29 is 13.2 Å². The maximum atomic E-state index is 12.8. The molecule has 0 bridgehead atoms. The Morgan fingerprint density at radius 1 is 1.00 bits per heavy atom. The third-order valence-corrected chi connectivity index (χ3v) is 6.68. The number of sulfonamides is 1. The highest BCUT2D eigenvalue weighted by atomic mass is 32.2. The minimum Gasteiger partial charge on any atom is -0.366 e. The van der Waals surface area contributed by atoms with Crippen molar-refractivity contribution in [2.45, 2.75) is 18.4 Å². The maximum Gasteiger partial charge on any atom is 0.248 e. The first-order valence-electron chi connectivity index (χ1n) is 8.55. The van der Waals surface area contributed by atoms with E-state index in [9.17, 15) is 13.2 Å². The van der Waals surface area contributed by atoms with Crippen LogP contribution in [0.15, 0.2) is 53.4 Å². The molecule has 0 aliphatic carbocycles. The largest absolute Gasteiger partial charge is 0.366 e. The van der Waals surface area contributed by atoms with Gasteiger partial charge >= 0.3 is 0 Å². The molecular formula is C19H23N3O3S. The third kappa shape index (κ3) is 3.95. The fourth-order valence-corrected chi connectivity index (χ4v) is 4.52. The van der Waals surface area contributed by atoms with Crippen molar-refractivity contribution in [3.8, 4) is 0 Å². The second kappa shape index (κ2) is 7.57.